The molecule has 36 heavy (non-hydrogen) atoms. The average molecular weight is 488 g/mol. The van der Waals surface area contributed by atoms with Crippen LogP contribution in [0.3, 0.4) is 0 Å². The predicted octanol–water partition coefficient (Wildman–Crippen LogP) is 9.82. The maximum Gasteiger partial charge on any atom is 0.00675 e. The molecule has 2 aromatic rings. The summed E-state index contributed by atoms with van der Waals surface area (Å²) in [5.41, 5.74) is 6.20. The molecule has 1 heteroatoms. The molecule has 2 aromatic carbocycles. The van der Waals surface area contributed by atoms with Crippen molar-refractivity contribution in [2.24, 2.45) is 11.3 Å². The highest BCUT2D eigenvalue weighted by atomic mass is 15.2. The van der Waals surface area contributed by atoms with Crippen LogP contribution in [-0.2, 0) is 11.8 Å². The van der Waals surface area contributed by atoms with Gasteiger partial charge in [0.2, 0.25) is 0 Å². The van der Waals surface area contributed by atoms with Crippen molar-refractivity contribution in [2.75, 3.05) is 13.1 Å². The molecule has 1 nitrogen and oxygen atoms in total. The maximum absolute atomic E-state index is 2.65. The number of hydrogen-bond acceptors (Lipinski definition) is 1. The summed E-state index contributed by atoms with van der Waals surface area (Å²) in [6, 6.07) is 19.6. The van der Waals surface area contributed by atoms with Gasteiger partial charge in [0, 0.05) is 12.6 Å². The minimum Gasteiger partial charge on any atom is -0.300 e. The Kier molecular flexibility index (Phi) is 9.37. The average Bonchev–Trinajstić information content (AvgIpc) is 3.32. The third-order valence-corrected chi connectivity index (χ3v) is 9.69. The molecular formula is C35H53N. The lowest BCUT2D eigenvalue weighted by Crippen LogP contribution is -2.32. The molecule has 0 radical (unpaired) electrons. The molecule has 1 aliphatic heterocycles. The SMILES string of the molecule is C[C@@H]1CCCN1CCc1ccc(-c2ccc(C(C)(C)CC(C)(C)C3CCCCCCCC3)cc2)cc1. The fourth-order valence-electron chi connectivity index (χ4n) is 7.38. The smallest absolute Gasteiger partial charge is 0.00675 e. The van der Waals surface area contributed by atoms with Gasteiger partial charge < -0.3 is 4.90 Å². The van der Waals surface area contributed by atoms with Crippen LogP contribution in [0.4, 0.5) is 0 Å². The second-order valence-electron chi connectivity index (χ2n) is 13.5. The lowest BCUT2D eigenvalue weighted by atomic mass is 9.64. The topological polar surface area (TPSA) is 3.24 Å². The lowest BCUT2D eigenvalue weighted by Gasteiger charge is -2.41. The van der Waals surface area contributed by atoms with Gasteiger partial charge in [-0.05, 0) is 91.0 Å². The Labute approximate surface area is 223 Å². The zero-order chi connectivity index (χ0) is 25.6. The molecule has 0 N–H and O–H groups in total. The standard InChI is InChI=1S/C35H53N/c1-28-13-12-25-36(28)26-24-29-16-18-30(19-17-29)31-20-22-33(23-21-31)35(4,5)27-34(2,3)32-14-10-8-6-7-9-11-15-32/h16-23,28,32H,6-15,24-27H2,1-5H3/t28-/m1/s1. The van der Waals surface area contributed by atoms with Gasteiger partial charge in [0.25, 0.3) is 0 Å². The molecule has 1 saturated carbocycles. The van der Waals surface area contributed by atoms with E-state index >= 15 is 0 Å². The molecule has 2 fully saturated rings. The van der Waals surface area contributed by atoms with Gasteiger partial charge in [0.05, 0.1) is 0 Å². The van der Waals surface area contributed by atoms with Crippen molar-refractivity contribution in [2.45, 2.75) is 123 Å². The maximum atomic E-state index is 2.65. The first-order valence-electron chi connectivity index (χ1n) is 15.2. The van der Waals surface area contributed by atoms with E-state index in [9.17, 15) is 0 Å². The summed E-state index contributed by atoms with van der Waals surface area (Å²) in [6.07, 6.45) is 16.6. The summed E-state index contributed by atoms with van der Waals surface area (Å²) in [6.45, 7) is 14.9. The van der Waals surface area contributed by atoms with E-state index in [2.05, 4.69) is 88.0 Å². The molecule has 0 spiro atoms. The van der Waals surface area contributed by atoms with E-state index in [0.717, 1.165) is 18.4 Å². The van der Waals surface area contributed by atoms with Gasteiger partial charge in [0.1, 0.15) is 0 Å². The Hall–Kier alpha value is -1.60. The first kappa shape index (κ1) is 27.4. The molecule has 0 aromatic heterocycles. The van der Waals surface area contributed by atoms with Gasteiger partial charge in [-0.25, -0.2) is 0 Å². The van der Waals surface area contributed by atoms with Gasteiger partial charge in [-0.15, -0.1) is 0 Å². The Morgan fingerprint density at radius 2 is 1.25 bits per heavy atom. The summed E-state index contributed by atoms with van der Waals surface area (Å²) in [5, 5.41) is 0. The first-order chi connectivity index (χ1) is 17.2. The molecule has 1 atom stereocenters. The van der Waals surface area contributed by atoms with Crippen LogP contribution < -0.4 is 0 Å². The van der Waals surface area contributed by atoms with E-state index in [1.54, 1.807) is 0 Å². The Bertz CT molecular complexity index is 910. The van der Waals surface area contributed by atoms with Crippen molar-refractivity contribution in [1.82, 2.24) is 4.90 Å². The minimum absolute atomic E-state index is 0.191. The second-order valence-corrected chi connectivity index (χ2v) is 13.5. The summed E-state index contributed by atoms with van der Waals surface area (Å²) in [7, 11) is 0. The van der Waals surface area contributed by atoms with Gasteiger partial charge in [0.15, 0.2) is 0 Å². The van der Waals surface area contributed by atoms with Crippen molar-refractivity contribution in [3.63, 3.8) is 0 Å². The molecular weight excluding hydrogens is 434 g/mol. The number of likely N-dealkylation sites (tertiary alicyclic amines) is 1. The van der Waals surface area contributed by atoms with Crippen molar-refractivity contribution in [3.8, 4) is 11.1 Å². The largest absolute Gasteiger partial charge is 0.300 e. The van der Waals surface area contributed by atoms with Crippen LogP contribution in [0.1, 0.15) is 116 Å². The van der Waals surface area contributed by atoms with E-state index < -0.39 is 0 Å². The number of nitrogens with zero attached hydrogens (tertiary/aromatic N) is 1. The molecule has 0 amide bonds. The highest BCUT2D eigenvalue weighted by molar-refractivity contribution is 5.64. The van der Waals surface area contributed by atoms with Crippen molar-refractivity contribution < 1.29 is 0 Å². The van der Waals surface area contributed by atoms with Gasteiger partial charge in [-0.2, -0.15) is 0 Å². The van der Waals surface area contributed by atoms with E-state index in [0.29, 0.717) is 5.41 Å². The molecule has 1 aliphatic carbocycles. The monoisotopic (exact) mass is 487 g/mol. The quantitative estimate of drug-likeness (QED) is 0.358. The van der Waals surface area contributed by atoms with E-state index in [1.807, 2.05) is 0 Å². The molecule has 198 valence electrons. The van der Waals surface area contributed by atoms with E-state index in [-0.39, 0.29) is 5.41 Å². The Balaban J connectivity index is 1.37. The molecule has 2 aliphatic rings. The Morgan fingerprint density at radius 3 is 1.81 bits per heavy atom. The van der Waals surface area contributed by atoms with Gasteiger partial charge in [-0.1, -0.05) is 115 Å². The predicted molar refractivity (Wildman–Crippen MR) is 158 cm³/mol. The third-order valence-electron chi connectivity index (χ3n) is 9.69. The first-order valence-corrected chi connectivity index (χ1v) is 15.2. The highest BCUT2D eigenvalue weighted by Gasteiger charge is 2.35. The fourth-order valence-corrected chi connectivity index (χ4v) is 7.38. The lowest BCUT2D eigenvalue weighted by molar-refractivity contribution is 0.134. The third kappa shape index (κ3) is 7.25. The molecule has 0 bridgehead atoms. The van der Waals surface area contributed by atoms with Crippen LogP contribution in [0.5, 0.6) is 0 Å². The van der Waals surface area contributed by atoms with Crippen LogP contribution >= 0.6 is 0 Å². The highest BCUT2D eigenvalue weighted by Crippen LogP contribution is 2.45. The van der Waals surface area contributed by atoms with E-state index in [4.69, 9.17) is 0 Å². The Morgan fingerprint density at radius 1 is 0.694 bits per heavy atom. The summed E-state index contributed by atoms with van der Waals surface area (Å²) < 4.78 is 0. The zero-order valence-corrected chi connectivity index (χ0v) is 24.1. The van der Waals surface area contributed by atoms with Crippen LogP contribution in [0.15, 0.2) is 48.5 Å². The number of benzene rings is 2. The van der Waals surface area contributed by atoms with Gasteiger partial charge >= 0.3 is 0 Å². The number of rotatable bonds is 8. The normalized spacial score (nSPS) is 21.2. The molecule has 0 unspecified atom stereocenters. The van der Waals surface area contributed by atoms with Gasteiger partial charge in [-0.3, -0.25) is 0 Å². The summed E-state index contributed by atoms with van der Waals surface area (Å²) in [4.78, 5) is 2.65. The van der Waals surface area contributed by atoms with Crippen LogP contribution in [0.25, 0.3) is 11.1 Å². The van der Waals surface area contributed by atoms with Crippen LogP contribution in [0.2, 0.25) is 0 Å². The van der Waals surface area contributed by atoms with Crippen molar-refractivity contribution >= 4 is 0 Å². The van der Waals surface area contributed by atoms with Crippen LogP contribution in [-0.4, -0.2) is 24.0 Å². The summed E-state index contributed by atoms with van der Waals surface area (Å²) >= 11 is 0. The second kappa shape index (κ2) is 12.3. The van der Waals surface area contributed by atoms with E-state index in [1.165, 1.54) is 106 Å². The molecule has 1 saturated heterocycles. The zero-order valence-electron chi connectivity index (χ0n) is 24.1. The fraction of sp³-hybridized carbons (Fsp3) is 0.657. The minimum atomic E-state index is 0.191. The number of hydrogen-bond donors (Lipinski definition) is 0. The molecule has 1 heterocycles. The van der Waals surface area contributed by atoms with Crippen molar-refractivity contribution in [3.05, 3.63) is 59.7 Å². The van der Waals surface area contributed by atoms with Crippen LogP contribution in [0, 0.1) is 11.3 Å². The summed E-state index contributed by atoms with van der Waals surface area (Å²) in [5.74, 6) is 0.862. The molecule has 4 rings (SSSR count). The van der Waals surface area contributed by atoms with Crippen molar-refractivity contribution in [1.29, 1.82) is 0 Å².